The summed E-state index contributed by atoms with van der Waals surface area (Å²) < 4.78 is 6.59. The Labute approximate surface area is 193 Å². The first-order chi connectivity index (χ1) is 13.1. The largest absolute Gasteiger partial charge is 0.381 e. The minimum Gasteiger partial charge on any atom is -0.381 e. The molecule has 0 bridgehead atoms. The van der Waals surface area contributed by atoms with Crippen LogP contribution in [0.15, 0.2) is 33.7 Å². The maximum atomic E-state index is 12.1. The lowest BCUT2D eigenvalue weighted by molar-refractivity contribution is 0.0953. The van der Waals surface area contributed by atoms with Gasteiger partial charge in [0.15, 0.2) is 5.96 Å². The van der Waals surface area contributed by atoms with E-state index in [9.17, 15) is 4.79 Å². The monoisotopic (exact) mass is 564 g/mol. The third kappa shape index (κ3) is 6.32. The number of benzene rings is 1. The van der Waals surface area contributed by atoms with Crippen molar-refractivity contribution in [1.29, 1.82) is 0 Å². The third-order valence-corrected chi connectivity index (χ3v) is 5.77. The summed E-state index contributed by atoms with van der Waals surface area (Å²) in [5.74, 6) is 0.946. The molecular weight excluding hydrogens is 535 g/mol. The van der Waals surface area contributed by atoms with Gasteiger partial charge in [-0.1, -0.05) is 15.9 Å². The van der Waals surface area contributed by atoms with E-state index in [0.717, 1.165) is 56.1 Å². The van der Waals surface area contributed by atoms with E-state index in [1.807, 2.05) is 24.3 Å². The van der Waals surface area contributed by atoms with Crippen molar-refractivity contribution in [3.05, 3.63) is 34.3 Å². The fraction of sp³-hybridized carbons (Fsp3) is 0.600. The summed E-state index contributed by atoms with van der Waals surface area (Å²) in [6.07, 6.45) is 3.16. The number of halogens is 2. The molecule has 2 fully saturated rings. The number of likely N-dealkylation sites (tertiary alicyclic amines) is 1. The third-order valence-electron chi connectivity index (χ3n) is 5.25. The summed E-state index contributed by atoms with van der Waals surface area (Å²) in [6, 6.07) is 7.38. The van der Waals surface area contributed by atoms with Crippen molar-refractivity contribution < 1.29 is 9.53 Å². The molecule has 28 heavy (non-hydrogen) atoms. The molecule has 0 aromatic heterocycles. The van der Waals surface area contributed by atoms with Gasteiger partial charge in [-0.3, -0.25) is 9.79 Å². The van der Waals surface area contributed by atoms with Gasteiger partial charge >= 0.3 is 0 Å². The topological polar surface area (TPSA) is 66.0 Å². The Morgan fingerprint density at radius 1 is 1.29 bits per heavy atom. The van der Waals surface area contributed by atoms with Gasteiger partial charge in [0.25, 0.3) is 5.91 Å². The van der Waals surface area contributed by atoms with Crippen LogP contribution in [-0.2, 0) is 4.74 Å². The zero-order valence-corrected chi connectivity index (χ0v) is 20.3. The molecule has 1 spiro atoms. The molecule has 1 atom stereocenters. The summed E-state index contributed by atoms with van der Waals surface area (Å²) >= 11 is 3.38. The normalized spacial score (nSPS) is 21.6. The van der Waals surface area contributed by atoms with Gasteiger partial charge in [0.1, 0.15) is 0 Å². The number of guanidine groups is 1. The Kier molecular flexibility index (Phi) is 9.49. The van der Waals surface area contributed by atoms with E-state index >= 15 is 0 Å². The molecule has 2 aliphatic heterocycles. The number of ether oxygens (including phenoxy) is 1. The molecule has 3 rings (SSSR count). The van der Waals surface area contributed by atoms with Crippen molar-refractivity contribution in [3.63, 3.8) is 0 Å². The number of rotatable bonds is 6. The van der Waals surface area contributed by atoms with Crippen molar-refractivity contribution in [1.82, 2.24) is 15.5 Å². The zero-order valence-electron chi connectivity index (χ0n) is 16.4. The number of carbonyl (C=O) groups excluding carboxylic acids is 1. The lowest BCUT2D eigenvalue weighted by Crippen LogP contribution is -2.41. The van der Waals surface area contributed by atoms with Crippen LogP contribution in [0, 0.1) is 5.41 Å². The van der Waals surface area contributed by atoms with E-state index in [1.54, 1.807) is 0 Å². The quantitative estimate of drug-likeness (QED) is 0.241. The molecule has 2 N–H and O–H groups in total. The highest BCUT2D eigenvalue weighted by atomic mass is 127. The maximum absolute atomic E-state index is 12.1. The van der Waals surface area contributed by atoms with Crippen molar-refractivity contribution in [2.45, 2.75) is 26.2 Å². The zero-order chi connectivity index (χ0) is 19.1. The Balaban J connectivity index is 0.00000280. The number of amides is 1. The second kappa shape index (κ2) is 11.3. The van der Waals surface area contributed by atoms with Crippen LogP contribution in [0.2, 0.25) is 0 Å². The minimum atomic E-state index is -0.0406. The molecular formula is C20H30BrIN4O2. The van der Waals surface area contributed by atoms with E-state index < -0.39 is 0 Å². The van der Waals surface area contributed by atoms with Crippen LogP contribution in [0.5, 0.6) is 0 Å². The highest BCUT2D eigenvalue weighted by molar-refractivity contribution is 14.0. The second-order valence-corrected chi connectivity index (χ2v) is 8.24. The molecule has 1 aromatic rings. The van der Waals surface area contributed by atoms with Crippen LogP contribution >= 0.6 is 39.9 Å². The van der Waals surface area contributed by atoms with Crippen LogP contribution in [0.1, 0.15) is 36.5 Å². The number of nitrogens with one attached hydrogen (secondary N) is 2. The van der Waals surface area contributed by atoms with E-state index in [2.05, 4.69) is 38.4 Å². The van der Waals surface area contributed by atoms with Gasteiger partial charge in [0, 0.05) is 54.8 Å². The molecule has 1 aromatic carbocycles. The average Bonchev–Trinajstić information content (AvgIpc) is 3.31. The smallest absolute Gasteiger partial charge is 0.251 e. The predicted molar refractivity (Wildman–Crippen MR) is 127 cm³/mol. The Hall–Kier alpha value is -0.870. The Morgan fingerprint density at radius 3 is 2.75 bits per heavy atom. The molecule has 0 saturated carbocycles. The second-order valence-electron chi connectivity index (χ2n) is 7.33. The average molecular weight is 565 g/mol. The van der Waals surface area contributed by atoms with Gasteiger partial charge < -0.3 is 20.3 Å². The van der Waals surface area contributed by atoms with Crippen molar-refractivity contribution >= 4 is 51.8 Å². The fourth-order valence-corrected chi connectivity index (χ4v) is 3.95. The number of aliphatic imine (C=N–C) groups is 1. The predicted octanol–water partition coefficient (Wildman–Crippen LogP) is 3.26. The summed E-state index contributed by atoms with van der Waals surface area (Å²) in [5, 5.41) is 6.36. The highest BCUT2D eigenvalue weighted by Gasteiger charge is 2.42. The van der Waals surface area contributed by atoms with Crippen LogP contribution in [0.3, 0.4) is 0 Å². The van der Waals surface area contributed by atoms with Crippen molar-refractivity contribution in [3.8, 4) is 0 Å². The summed E-state index contributed by atoms with van der Waals surface area (Å²) in [7, 11) is 0. The highest BCUT2D eigenvalue weighted by Crippen LogP contribution is 2.38. The maximum Gasteiger partial charge on any atom is 0.251 e. The van der Waals surface area contributed by atoms with E-state index in [0.29, 0.717) is 24.1 Å². The molecule has 1 unspecified atom stereocenters. The van der Waals surface area contributed by atoms with E-state index in [4.69, 9.17) is 9.73 Å². The minimum absolute atomic E-state index is 0. The molecule has 8 heteroatoms. The Bertz CT molecular complexity index is 663. The first kappa shape index (κ1) is 23.4. The summed E-state index contributed by atoms with van der Waals surface area (Å²) in [6.45, 7) is 8.11. The van der Waals surface area contributed by atoms with Gasteiger partial charge in [-0.15, -0.1) is 24.0 Å². The van der Waals surface area contributed by atoms with Gasteiger partial charge in [0.2, 0.25) is 0 Å². The van der Waals surface area contributed by atoms with Crippen LogP contribution in [0.25, 0.3) is 0 Å². The van der Waals surface area contributed by atoms with Crippen LogP contribution < -0.4 is 10.6 Å². The lowest BCUT2D eigenvalue weighted by Gasteiger charge is -2.25. The Morgan fingerprint density at radius 2 is 2.07 bits per heavy atom. The van der Waals surface area contributed by atoms with E-state index in [-0.39, 0.29) is 29.9 Å². The van der Waals surface area contributed by atoms with Crippen LogP contribution in [-0.4, -0.2) is 62.7 Å². The summed E-state index contributed by atoms with van der Waals surface area (Å²) in [5.41, 5.74) is 1.01. The molecule has 2 saturated heterocycles. The van der Waals surface area contributed by atoms with E-state index in [1.165, 1.54) is 6.42 Å². The number of hydrogen-bond donors (Lipinski definition) is 2. The van der Waals surface area contributed by atoms with Crippen molar-refractivity contribution in [2.24, 2.45) is 10.4 Å². The first-order valence-electron chi connectivity index (χ1n) is 9.77. The standard InChI is InChI=1S/C20H29BrN4O2.HI/c1-2-22-19(25-12-8-20(14-25)9-13-27-15-20)24-11-3-10-23-18(26)16-4-6-17(21)7-5-16;/h4-7H,2-3,8-15H2,1H3,(H,22,24)(H,23,26);1H. The first-order valence-corrected chi connectivity index (χ1v) is 10.6. The lowest BCUT2D eigenvalue weighted by atomic mass is 9.87. The molecule has 0 aliphatic carbocycles. The van der Waals surface area contributed by atoms with Gasteiger partial charge in [0.05, 0.1) is 6.61 Å². The molecule has 1 amide bonds. The molecule has 6 nitrogen and oxygen atoms in total. The number of hydrogen-bond acceptors (Lipinski definition) is 3. The summed E-state index contributed by atoms with van der Waals surface area (Å²) in [4.78, 5) is 19.2. The van der Waals surface area contributed by atoms with Gasteiger partial charge in [-0.05, 0) is 50.5 Å². The SMILES string of the molecule is CCNC(=NCCCNC(=O)c1ccc(Br)cc1)N1CCC2(CCOC2)C1.I. The van der Waals surface area contributed by atoms with Crippen molar-refractivity contribution in [2.75, 3.05) is 45.9 Å². The molecule has 2 heterocycles. The molecule has 2 aliphatic rings. The fourth-order valence-electron chi connectivity index (χ4n) is 3.68. The molecule has 0 radical (unpaired) electrons. The van der Waals surface area contributed by atoms with Gasteiger partial charge in [-0.25, -0.2) is 0 Å². The number of nitrogens with zero attached hydrogens (tertiary/aromatic N) is 2. The van der Waals surface area contributed by atoms with Crippen LogP contribution in [0.4, 0.5) is 0 Å². The van der Waals surface area contributed by atoms with Gasteiger partial charge in [-0.2, -0.15) is 0 Å². The number of carbonyl (C=O) groups is 1. The molecule has 156 valence electrons.